The molecule has 3 rings (SSSR count). The summed E-state index contributed by atoms with van der Waals surface area (Å²) in [5, 5.41) is 11.8. The summed E-state index contributed by atoms with van der Waals surface area (Å²) >= 11 is 0.732. The molecule has 0 amide bonds. The molecular weight excluding hydrogens is 463 g/mol. The molecule has 11 heteroatoms. The maximum Gasteiger partial charge on any atom is 0.346 e. The van der Waals surface area contributed by atoms with Gasteiger partial charge in [-0.1, -0.05) is 18.2 Å². The SMILES string of the molecule is CC(C)OC(=O)CNP(=O)(Cc1c(C(=O)O)sc2ccc(F)c(F)c12)Oc1ccccc1. The van der Waals surface area contributed by atoms with Crippen LogP contribution in [0.2, 0.25) is 0 Å². The Kier molecular flexibility index (Phi) is 7.28. The summed E-state index contributed by atoms with van der Waals surface area (Å²) in [5.41, 5.74) is -0.182. The van der Waals surface area contributed by atoms with E-state index < -0.39 is 49.9 Å². The van der Waals surface area contributed by atoms with Crippen LogP contribution in [0.3, 0.4) is 0 Å². The molecule has 0 saturated carbocycles. The number of thiophene rings is 1. The molecular formula is C21H20F2NO6PS. The summed E-state index contributed by atoms with van der Waals surface area (Å²) in [5.74, 6) is -4.31. The minimum Gasteiger partial charge on any atom is -0.477 e. The predicted octanol–water partition coefficient (Wildman–Crippen LogP) is 5.19. The second-order valence-electron chi connectivity index (χ2n) is 7.06. The Morgan fingerprint density at radius 3 is 2.47 bits per heavy atom. The topological polar surface area (TPSA) is 102 Å². The summed E-state index contributed by atoms with van der Waals surface area (Å²) in [7, 11) is -4.03. The van der Waals surface area contributed by atoms with Crippen molar-refractivity contribution in [2.75, 3.05) is 6.54 Å². The molecule has 0 aliphatic carbocycles. The number of esters is 1. The molecule has 0 saturated heterocycles. The van der Waals surface area contributed by atoms with E-state index in [0.29, 0.717) is 0 Å². The Bertz CT molecular complexity index is 1200. The van der Waals surface area contributed by atoms with E-state index in [9.17, 15) is 28.0 Å². The van der Waals surface area contributed by atoms with E-state index in [2.05, 4.69) is 5.09 Å². The molecule has 0 bridgehead atoms. The maximum absolute atomic E-state index is 14.6. The summed E-state index contributed by atoms with van der Waals surface area (Å²) in [6, 6.07) is 10.2. The van der Waals surface area contributed by atoms with E-state index in [1.165, 1.54) is 18.2 Å². The summed E-state index contributed by atoms with van der Waals surface area (Å²) in [6.45, 7) is 2.79. The van der Waals surface area contributed by atoms with Gasteiger partial charge in [-0.25, -0.2) is 18.7 Å². The first-order chi connectivity index (χ1) is 15.1. The first-order valence-electron chi connectivity index (χ1n) is 9.50. The van der Waals surface area contributed by atoms with Gasteiger partial charge in [-0.15, -0.1) is 11.3 Å². The van der Waals surface area contributed by atoms with Gasteiger partial charge in [0.05, 0.1) is 12.3 Å². The van der Waals surface area contributed by atoms with Crippen LogP contribution in [0.1, 0.15) is 29.1 Å². The molecule has 2 aromatic carbocycles. The number of nitrogens with one attached hydrogen (secondary N) is 1. The van der Waals surface area contributed by atoms with Crippen molar-refractivity contribution in [3.8, 4) is 5.75 Å². The first-order valence-corrected chi connectivity index (χ1v) is 12.1. The lowest BCUT2D eigenvalue weighted by Crippen LogP contribution is -2.27. The van der Waals surface area contributed by atoms with Gasteiger partial charge in [-0.2, -0.15) is 0 Å². The summed E-state index contributed by atoms with van der Waals surface area (Å²) < 4.78 is 53.0. The lowest BCUT2D eigenvalue weighted by Gasteiger charge is -2.21. The number of carboxylic acids is 1. The van der Waals surface area contributed by atoms with Gasteiger partial charge in [0.25, 0.3) is 0 Å². The second-order valence-corrected chi connectivity index (χ2v) is 10.3. The number of carbonyl (C=O) groups is 2. The smallest absolute Gasteiger partial charge is 0.346 e. The summed E-state index contributed by atoms with van der Waals surface area (Å²) in [4.78, 5) is 23.5. The number of halogens is 2. The monoisotopic (exact) mass is 483 g/mol. The predicted molar refractivity (Wildman–Crippen MR) is 116 cm³/mol. The molecule has 2 N–H and O–H groups in total. The average molecular weight is 483 g/mol. The van der Waals surface area contributed by atoms with Crippen LogP contribution in [0, 0.1) is 11.6 Å². The molecule has 1 heterocycles. The van der Waals surface area contributed by atoms with Crippen LogP contribution >= 0.6 is 18.9 Å². The molecule has 32 heavy (non-hydrogen) atoms. The number of carbonyl (C=O) groups excluding carboxylic acids is 1. The number of fused-ring (bicyclic) bond motifs is 1. The lowest BCUT2D eigenvalue weighted by molar-refractivity contribution is -0.145. The highest BCUT2D eigenvalue weighted by Gasteiger charge is 2.32. The third-order valence-electron chi connectivity index (χ3n) is 4.23. The van der Waals surface area contributed by atoms with E-state index in [0.717, 1.165) is 17.4 Å². The highest BCUT2D eigenvalue weighted by Crippen LogP contribution is 2.50. The largest absolute Gasteiger partial charge is 0.477 e. The van der Waals surface area contributed by atoms with Crippen molar-refractivity contribution in [1.82, 2.24) is 5.09 Å². The third-order valence-corrected chi connectivity index (χ3v) is 7.30. The molecule has 0 spiro atoms. The number of ether oxygens (including phenoxy) is 1. The van der Waals surface area contributed by atoms with Crippen molar-refractivity contribution >= 4 is 40.9 Å². The van der Waals surface area contributed by atoms with E-state index in [1.54, 1.807) is 32.0 Å². The van der Waals surface area contributed by atoms with Crippen molar-refractivity contribution in [3.63, 3.8) is 0 Å². The highest BCUT2D eigenvalue weighted by atomic mass is 32.1. The fourth-order valence-corrected chi connectivity index (χ4v) is 5.95. The van der Waals surface area contributed by atoms with Gasteiger partial charge in [0.2, 0.25) is 0 Å². The number of rotatable bonds is 9. The van der Waals surface area contributed by atoms with Crippen molar-refractivity contribution in [2.45, 2.75) is 26.1 Å². The van der Waals surface area contributed by atoms with Gasteiger partial charge in [-0.3, -0.25) is 9.36 Å². The molecule has 0 radical (unpaired) electrons. The number of hydrogen-bond acceptors (Lipinski definition) is 6. The van der Waals surface area contributed by atoms with E-state index >= 15 is 0 Å². The van der Waals surface area contributed by atoms with Gasteiger partial charge in [-0.05, 0) is 38.1 Å². The van der Waals surface area contributed by atoms with E-state index in [-0.39, 0.29) is 26.3 Å². The van der Waals surface area contributed by atoms with Crippen molar-refractivity contribution in [3.05, 3.63) is 64.5 Å². The molecule has 0 fully saturated rings. The molecule has 7 nitrogen and oxygen atoms in total. The van der Waals surface area contributed by atoms with Crippen LogP contribution in [0.15, 0.2) is 42.5 Å². The van der Waals surface area contributed by atoms with Gasteiger partial charge < -0.3 is 14.4 Å². The van der Waals surface area contributed by atoms with Crippen LogP contribution in [0.4, 0.5) is 8.78 Å². The Morgan fingerprint density at radius 1 is 1.16 bits per heavy atom. The number of benzene rings is 2. The Morgan fingerprint density at radius 2 is 1.84 bits per heavy atom. The van der Waals surface area contributed by atoms with E-state index in [1.807, 2.05) is 0 Å². The maximum atomic E-state index is 14.6. The van der Waals surface area contributed by atoms with E-state index in [4.69, 9.17) is 9.26 Å². The molecule has 3 aromatic rings. The molecule has 0 aliphatic heterocycles. The van der Waals surface area contributed by atoms with Gasteiger partial charge in [0.15, 0.2) is 11.6 Å². The first kappa shape index (κ1) is 23.8. The minimum absolute atomic E-state index is 0.182. The number of carboxylic acid groups (broad SMARTS) is 1. The number of aromatic carboxylic acids is 1. The zero-order chi connectivity index (χ0) is 23.5. The number of para-hydroxylation sites is 1. The Labute approximate surface area is 186 Å². The highest BCUT2D eigenvalue weighted by molar-refractivity contribution is 7.56. The Hall–Kier alpha value is -2.81. The van der Waals surface area contributed by atoms with Crippen LogP contribution in [0.5, 0.6) is 5.75 Å². The normalized spacial score (nSPS) is 13.2. The zero-order valence-electron chi connectivity index (χ0n) is 17.1. The molecule has 1 unspecified atom stereocenters. The molecule has 1 atom stereocenters. The Balaban J connectivity index is 2.04. The van der Waals surface area contributed by atoms with Crippen LogP contribution < -0.4 is 9.61 Å². The lowest BCUT2D eigenvalue weighted by atomic mass is 10.1. The quantitative estimate of drug-likeness (QED) is 0.319. The molecule has 170 valence electrons. The van der Waals surface area contributed by atoms with Crippen molar-refractivity contribution in [1.29, 1.82) is 0 Å². The standard InChI is InChI=1S/C21H20F2NO6PS/c1-12(2)29-17(25)10-24-31(28,30-13-6-4-3-5-7-13)11-14-18-16(32-20(14)21(26)27)9-8-15(22)19(18)23/h3-9,12H,10-11H2,1-2H3,(H,24,28)(H,26,27). The van der Waals surface area contributed by atoms with Gasteiger partial charge in [0, 0.05) is 15.6 Å². The minimum atomic E-state index is -4.03. The zero-order valence-corrected chi connectivity index (χ0v) is 18.8. The van der Waals surface area contributed by atoms with Crippen molar-refractivity contribution in [2.24, 2.45) is 0 Å². The van der Waals surface area contributed by atoms with Gasteiger partial charge >= 0.3 is 19.5 Å². The molecule has 0 aliphatic rings. The van der Waals surface area contributed by atoms with Crippen LogP contribution in [-0.4, -0.2) is 29.7 Å². The fourth-order valence-electron chi connectivity index (χ4n) is 2.98. The van der Waals surface area contributed by atoms with Crippen molar-refractivity contribution < 1.29 is 37.3 Å². The average Bonchev–Trinajstić information content (AvgIpc) is 3.08. The fraction of sp³-hybridized carbons (Fsp3) is 0.238. The third kappa shape index (κ3) is 5.51. The van der Waals surface area contributed by atoms with Crippen LogP contribution in [0.25, 0.3) is 10.1 Å². The second kappa shape index (κ2) is 9.77. The molecule has 1 aromatic heterocycles. The summed E-state index contributed by atoms with van der Waals surface area (Å²) in [6.07, 6.45) is -1.01. The number of hydrogen-bond donors (Lipinski definition) is 2. The van der Waals surface area contributed by atoms with Crippen LogP contribution in [-0.2, 0) is 20.3 Å². The van der Waals surface area contributed by atoms with Gasteiger partial charge in [0.1, 0.15) is 17.2 Å².